The first-order valence-corrected chi connectivity index (χ1v) is 6.03. The van der Waals surface area contributed by atoms with E-state index in [9.17, 15) is 0 Å². The maximum atomic E-state index is 8.91. The van der Waals surface area contributed by atoms with E-state index in [-0.39, 0.29) is 18.1 Å². The monoisotopic (exact) mass is 209 g/mol. The average Bonchev–Trinajstić information content (AvgIpc) is 2.75. The standard InChI is InChI=1S/C12H19NO2/c13-8-10-4-3-6-12(10)15-9-11-5-1-2-7-14-11/h10-12H,1-7,9H2. The zero-order valence-electron chi connectivity index (χ0n) is 9.15. The molecule has 3 unspecified atom stereocenters. The van der Waals surface area contributed by atoms with Crippen LogP contribution in [0.1, 0.15) is 38.5 Å². The molecule has 1 aliphatic carbocycles. The second kappa shape index (κ2) is 5.48. The van der Waals surface area contributed by atoms with Crippen molar-refractivity contribution < 1.29 is 9.47 Å². The Bertz CT molecular complexity index is 230. The van der Waals surface area contributed by atoms with Crippen LogP contribution in [0.4, 0.5) is 0 Å². The maximum Gasteiger partial charge on any atom is 0.0808 e. The average molecular weight is 209 g/mol. The number of nitriles is 1. The van der Waals surface area contributed by atoms with E-state index in [0.717, 1.165) is 32.3 Å². The van der Waals surface area contributed by atoms with E-state index in [1.54, 1.807) is 0 Å². The van der Waals surface area contributed by atoms with Crippen molar-refractivity contribution in [2.24, 2.45) is 5.92 Å². The van der Waals surface area contributed by atoms with Gasteiger partial charge in [-0.3, -0.25) is 0 Å². The van der Waals surface area contributed by atoms with Gasteiger partial charge in [0.25, 0.3) is 0 Å². The van der Waals surface area contributed by atoms with Crippen LogP contribution in [-0.4, -0.2) is 25.4 Å². The van der Waals surface area contributed by atoms with Crippen molar-refractivity contribution >= 4 is 0 Å². The van der Waals surface area contributed by atoms with E-state index in [1.165, 1.54) is 12.8 Å². The Hall–Kier alpha value is -0.590. The van der Waals surface area contributed by atoms with Crippen molar-refractivity contribution in [2.45, 2.75) is 50.7 Å². The van der Waals surface area contributed by atoms with E-state index in [0.29, 0.717) is 6.61 Å². The maximum absolute atomic E-state index is 8.91. The minimum absolute atomic E-state index is 0.119. The number of hydrogen-bond acceptors (Lipinski definition) is 3. The first-order chi connectivity index (χ1) is 7.40. The van der Waals surface area contributed by atoms with Gasteiger partial charge in [0.05, 0.1) is 30.8 Å². The van der Waals surface area contributed by atoms with Gasteiger partial charge < -0.3 is 9.47 Å². The molecule has 2 rings (SSSR count). The summed E-state index contributed by atoms with van der Waals surface area (Å²) in [4.78, 5) is 0. The van der Waals surface area contributed by atoms with Gasteiger partial charge in [-0.15, -0.1) is 0 Å². The van der Waals surface area contributed by atoms with E-state index < -0.39 is 0 Å². The molecule has 0 aromatic heterocycles. The first-order valence-electron chi connectivity index (χ1n) is 6.03. The minimum atomic E-state index is 0.119. The van der Waals surface area contributed by atoms with E-state index in [2.05, 4.69) is 6.07 Å². The van der Waals surface area contributed by atoms with Gasteiger partial charge in [0.2, 0.25) is 0 Å². The Kier molecular flexibility index (Phi) is 3.99. The summed E-state index contributed by atoms with van der Waals surface area (Å²) in [5.41, 5.74) is 0. The van der Waals surface area contributed by atoms with Gasteiger partial charge in [-0.05, 0) is 38.5 Å². The summed E-state index contributed by atoms with van der Waals surface area (Å²) in [6.07, 6.45) is 7.18. The fraction of sp³-hybridized carbons (Fsp3) is 0.917. The molecule has 3 nitrogen and oxygen atoms in total. The Labute approximate surface area is 91.4 Å². The molecule has 3 heteroatoms. The summed E-state index contributed by atoms with van der Waals surface area (Å²) in [5, 5.41) is 8.91. The van der Waals surface area contributed by atoms with Crippen LogP contribution in [0.2, 0.25) is 0 Å². The molecule has 1 heterocycles. The molecule has 0 aromatic carbocycles. The van der Waals surface area contributed by atoms with Gasteiger partial charge in [-0.25, -0.2) is 0 Å². The highest BCUT2D eigenvalue weighted by Gasteiger charge is 2.28. The molecule has 0 N–H and O–H groups in total. The molecule has 2 fully saturated rings. The molecule has 3 atom stereocenters. The van der Waals surface area contributed by atoms with Gasteiger partial charge in [-0.2, -0.15) is 5.26 Å². The lowest BCUT2D eigenvalue weighted by Crippen LogP contribution is -2.28. The number of rotatable bonds is 3. The van der Waals surface area contributed by atoms with Crippen LogP contribution in [0.5, 0.6) is 0 Å². The molecule has 0 amide bonds. The lowest BCUT2D eigenvalue weighted by molar-refractivity contribution is -0.0664. The van der Waals surface area contributed by atoms with Crippen LogP contribution in [-0.2, 0) is 9.47 Å². The van der Waals surface area contributed by atoms with Gasteiger partial charge in [0.1, 0.15) is 0 Å². The molecule has 0 bridgehead atoms. The van der Waals surface area contributed by atoms with Crippen LogP contribution in [0.25, 0.3) is 0 Å². The van der Waals surface area contributed by atoms with Crippen molar-refractivity contribution in [3.8, 4) is 6.07 Å². The Balaban J connectivity index is 1.70. The van der Waals surface area contributed by atoms with Crippen molar-refractivity contribution in [1.82, 2.24) is 0 Å². The van der Waals surface area contributed by atoms with E-state index >= 15 is 0 Å². The summed E-state index contributed by atoms with van der Waals surface area (Å²) < 4.78 is 11.4. The first kappa shape index (κ1) is 10.9. The van der Waals surface area contributed by atoms with Crippen LogP contribution >= 0.6 is 0 Å². The summed E-state index contributed by atoms with van der Waals surface area (Å²) in [5.74, 6) is 0.119. The van der Waals surface area contributed by atoms with Crippen LogP contribution in [0.3, 0.4) is 0 Å². The third kappa shape index (κ3) is 2.93. The van der Waals surface area contributed by atoms with Gasteiger partial charge in [0, 0.05) is 6.61 Å². The predicted molar refractivity (Wildman–Crippen MR) is 56.3 cm³/mol. The largest absolute Gasteiger partial charge is 0.376 e. The highest BCUT2D eigenvalue weighted by molar-refractivity contribution is 4.93. The number of hydrogen-bond donors (Lipinski definition) is 0. The molecule has 84 valence electrons. The zero-order valence-corrected chi connectivity index (χ0v) is 9.15. The molecule has 1 aliphatic heterocycles. The normalized spacial score (nSPS) is 36.3. The van der Waals surface area contributed by atoms with Gasteiger partial charge in [-0.1, -0.05) is 0 Å². The lowest BCUT2D eigenvalue weighted by Gasteiger charge is -2.24. The SMILES string of the molecule is N#CC1CCCC1OCC1CCCCO1. The van der Waals surface area contributed by atoms with Crippen molar-refractivity contribution in [2.75, 3.05) is 13.2 Å². The molecule has 0 spiro atoms. The van der Waals surface area contributed by atoms with Gasteiger partial charge >= 0.3 is 0 Å². The summed E-state index contributed by atoms with van der Waals surface area (Å²) >= 11 is 0. The summed E-state index contributed by atoms with van der Waals surface area (Å²) in [7, 11) is 0. The Morgan fingerprint density at radius 3 is 2.87 bits per heavy atom. The van der Waals surface area contributed by atoms with Crippen molar-refractivity contribution in [3.05, 3.63) is 0 Å². The topological polar surface area (TPSA) is 42.2 Å². The second-order valence-corrected chi connectivity index (χ2v) is 4.53. The summed E-state index contributed by atoms with van der Waals surface area (Å²) in [6.45, 7) is 1.56. The van der Waals surface area contributed by atoms with Gasteiger partial charge in [0.15, 0.2) is 0 Å². The molecule has 1 saturated carbocycles. The third-order valence-electron chi connectivity index (χ3n) is 3.39. The van der Waals surface area contributed by atoms with Crippen LogP contribution in [0.15, 0.2) is 0 Å². The van der Waals surface area contributed by atoms with E-state index in [4.69, 9.17) is 14.7 Å². The molecule has 15 heavy (non-hydrogen) atoms. The Morgan fingerprint density at radius 1 is 1.20 bits per heavy atom. The predicted octanol–water partition coefficient (Wildman–Crippen LogP) is 2.26. The van der Waals surface area contributed by atoms with Crippen molar-refractivity contribution in [1.29, 1.82) is 5.26 Å². The van der Waals surface area contributed by atoms with Crippen molar-refractivity contribution in [3.63, 3.8) is 0 Å². The zero-order chi connectivity index (χ0) is 10.5. The molecular weight excluding hydrogens is 190 g/mol. The fourth-order valence-electron chi connectivity index (χ4n) is 2.44. The minimum Gasteiger partial charge on any atom is -0.376 e. The second-order valence-electron chi connectivity index (χ2n) is 4.53. The highest BCUT2D eigenvalue weighted by atomic mass is 16.5. The molecule has 0 radical (unpaired) electrons. The smallest absolute Gasteiger partial charge is 0.0808 e. The number of ether oxygens (including phenoxy) is 2. The fourth-order valence-corrected chi connectivity index (χ4v) is 2.44. The molecule has 1 saturated heterocycles. The third-order valence-corrected chi connectivity index (χ3v) is 3.39. The lowest BCUT2D eigenvalue weighted by atomic mass is 10.1. The molecule has 0 aromatic rings. The quantitative estimate of drug-likeness (QED) is 0.716. The van der Waals surface area contributed by atoms with E-state index in [1.807, 2.05) is 0 Å². The Morgan fingerprint density at radius 2 is 2.13 bits per heavy atom. The van der Waals surface area contributed by atoms with Crippen LogP contribution in [0, 0.1) is 17.2 Å². The highest BCUT2D eigenvalue weighted by Crippen LogP contribution is 2.28. The summed E-state index contributed by atoms with van der Waals surface area (Å²) in [6, 6.07) is 2.34. The molecule has 2 aliphatic rings. The van der Waals surface area contributed by atoms with Crippen LogP contribution < -0.4 is 0 Å². The molecular formula is C12H19NO2. The number of nitrogens with zero attached hydrogens (tertiary/aromatic N) is 1.